The summed E-state index contributed by atoms with van der Waals surface area (Å²) in [5.74, 6) is -3.24. The van der Waals surface area contributed by atoms with Gasteiger partial charge in [-0.05, 0) is 55.4 Å². The smallest absolute Gasteiger partial charge is 0.233 e. The van der Waals surface area contributed by atoms with Crippen molar-refractivity contribution in [3.8, 4) is 5.75 Å². The second kappa shape index (κ2) is 9.55. The average molecular weight is 446 g/mol. The second-order valence-corrected chi connectivity index (χ2v) is 9.25. The summed E-state index contributed by atoms with van der Waals surface area (Å²) in [6.45, 7) is 5.56. The van der Waals surface area contributed by atoms with Crippen molar-refractivity contribution < 1.29 is 29.3 Å². The van der Waals surface area contributed by atoms with Gasteiger partial charge in [0.1, 0.15) is 0 Å². The van der Waals surface area contributed by atoms with E-state index in [0.29, 0.717) is 30.4 Å². The summed E-state index contributed by atoms with van der Waals surface area (Å²) in [5.41, 5.74) is 3.16. The number of halogens is 1. The Hall–Kier alpha value is -2.51. The molecule has 3 N–H and O–H groups in total. The number of allylic oxidation sites excluding steroid dienone is 2. The number of benzene rings is 1. The van der Waals surface area contributed by atoms with Crippen molar-refractivity contribution in [2.24, 2.45) is 23.7 Å². The van der Waals surface area contributed by atoms with Crippen LogP contribution in [0.2, 0.25) is 0 Å². The van der Waals surface area contributed by atoms with Gasteiger partial charge in [0.2, 0.25) is 11.8 Å². The number of amides is 2. The molecule has 32 heavy (non-hydrogen) atoms. The molecular weight excluding hydrogens is 413 g/mol. The van der Waals surface area contributed by atoms with Crippen molar-refractivity contribution in [2.75, 3.05) is 13.7 Å². The molecular formula is C25H32FNO5. The summed E-state index contributed by atoms with van der Waals surface area (Å²) < 4.78 is 13.6. The third-order valence-electron chi connectivity index (χ3n) is 6.79. The second-order valence-electron chi connectivity index (χ2n) is 9.25. The number of rotatable bonds is 7. The quantitative estimate of drug-likeness (QED) is 0.442. The van der Waals surface area contributed by atoms with Crippen LogP contribution in [0.25, 0.3) is 6.08 Å². The van der Waals surface area contributed by atoms with Crippen molar-refractivity contribution in [3.05, 3.63) is 46.3 Å². The lowest BCUT2D eigenvalue weighted by Gasteiger charge is -2.38. The van der Waals surface area contributed by atoms with Crippen molar-refractivity contribution in [3.63, 3.8) is 0 Å². The van der Waals surface area contributed by atoms with Gasteiger partial charge in [-0.15, -0.1) is 0 Å². The van der Waals surface area contributed by atoms with Crippen LogP contribution in [0, 0.1) is 29.5 Å². The van der Waals surface area contributed by atoms with Crippen molar-refractivity contribution in [2.45, 2.75) is 46.1 Å². The number of aliphatic hydroxyl groups excluding tert-OH is 2. The summed E-state index contributed by atoms with van der Waals surface area (Å²) in [4.78, 5) is 26.4. The van der Waals surface area contributed by atoms with E-state index in [0.717, 1.165) is 16.0 Å². The zero-order valence-corrected chi connectivity index (χ0v) is 19.0. The van der Waals surface area contributed by atoms with Crippen LogP contribution >= 0.6 is 0 Å². The van der Waals surface area contributed by atoms with Crippen LogP contribution < -0.4 is 0 Å². The Morgan fingerprint density at radius 3 is 2.56 bits per heavy atom. The molecule has 6 nitrogen and oxygen atoms in total. The molecule has 2 aliphatic rings. The Labute approximate surface area is 188 Å². The predicted octanol–water partition coefficient (Wildman–Crippen LogP) is 3.27. The zero-order chi connectivity index (χ0) is 23.7. The Balaban J connectivity index is 1.83. The third-order valence-corrected chi connectivity index (χ3v) is 6.79. The lowest BCUT2D eigenvalue weighted by atomic mass is 9.66. The molecule has 1 heterocycles. The van der Waals surface area contributed by atoms with Crippen LogP contribution in [0.1, 0.15) is 45.6 Å². The molecule has 0 aromatic heterocycles. The lowest BCUT2D eigenvalue weighted by Crippen LogP contribution is -2.39. The van der Waals surface area contributed by atoms with Gasteiger partial charge in [0, 0.05) is 13.0 Å². The lowest BCUT2D eigenvalue weighted by molar-refractivity contribution is -0.138. The molecule has 7 heteroatoms. The van der Waals surface area contributed by atoms with E-state index in [2.05, 4.69) is 0 Å². The van der Waals surface area contributed by atoms with E-state index < -0.39 is 35.4 Å². The van der Waals surface area contributed by atoms with E-state index in [1.54, 1.807) is 12.1 Å². The number of aliphatic hydroxyl groups is 2. The minimum absolute atomic E-state index is 0.0695. The molecule has 2 amide bonds. The summed E-state index contributed by atoms with van der Waals surface area (Å²) in [6, 6.07) is 4.15. The third kappa shape index (κ3) is 4.50. The summed E-state index contributed by atoms with van der Waals surface area (Å²) in [5, 5.41) is 30.6. The largest absolute Gasteiger partial charge is 0.505 e. The number of carbonyl (C=O) groups excluding carboxylic acids is 2. The van der Waals surface area contributed by atoms with Gasteiger partial charge in [-0.3, -0.25) is 14.5 Å². The predicted molar refractivity (Wildman–Crippen MR) is 119 cm³/mol. The Kier molecular flexibility index (Phi) is 7.20. The van der Waals surface area contributed by atoms with E-state index in [9.17, 15) is 29.3 Å². The van der Waals surface area contributed by atoms with E-state index in [4.69, 9.17) is 0 Å². The van der Waals surface area contributed by atoms with Crippen molar-refractivity contribution >= 4 is 17.9 Å². The summed E-state index contributed by atoms with van der Waals surface area (Å²) in [6.07, 6.45) is 2.25. The fraction of sp³-hybridized carbons (Fsp3) is 0.520. The molecule has 0 spiro atoms. The highest BCUT2D eigenvalue weighted by molar-refractivity contribution is 6.05. The number of phenols is 1. The molecule has 174 valence electrons. The number of aromatic hydroxyl groups is 1. The van der Waals surface area contributed by atoms with Gasteiger partial charge in [-0.1, -0.05) is 37.1 Å². The monoisotopic (exact) mass is 445 g/mol. The summed E-state index contributed by atoms with van der Waals surface area (Å²) in [7, 11) is 1.48. The van der Waals surface area contributed by atoms with Crippen LogP contribution in [-0.4, -0.2) is 51.8 Å². The minimum atomic E-state index is -0.862. The molecule has 0 bridgehead atoms. The number of phenolic OH excluding ortho intramolecular Hbond substituents is 1. The van der Waals surface area contributed by atoms with Crippen LogP contribution in [-0.2, 0) is 9.59 Å². The highest BCUT2D eigenvalue weighted by Gasteiger charge is 2.53. The molecule has 1 aromatic rings. The van der Waals surface area contributed by atoms with Gasteiger partial charge in [0.15, 0.2) is 11.6 Å². The average Bonchev–Trinajstić information content (AvgIpc) is 2.97. The molecule has 1 aliphatic carbocycles. The Bertz CT molecular complexity index is 967. The number of fused-ring (bicyclic) bond motifs is 1. The molecule has 1 aliphatic heterocycles. The number of hydrogen-bond acceptors (Lipinski definition) is 5. The fourth-order valence-corrected chi connectivity index (χ4v) is 5.09. The molecule has 3 rings (SSSR count). The maximum atomic E-state index is 13.6. The number of hydrogen-bond donors (Lipinski definition) is 3. The van der Waals surface area contributed by atoms with Gasteiger partial charge in [-0.25, -0.2) is 4.39 Å². The van der Waals surface area contributed by atoms with Crippen molar-refractivity contribution in [1.82, 2.24) is 4.90 Å². The SMILES string of the molecule is C/C(=C\c1ccc(O)c(F)c1)CC[C@@H](O)C1=C(C(C)C)C[C@H]2C(=O)N(C)C(=O)[C@H]2[C@H]1CO. The van der Waals surface area contributed by atoms with Gasteiger partial charge in [0.05, 0.1) is 24.5 Å². The van der Waals surface area contributed by atoms with Crippen LogP contribution in [0.4, 0.5) is 4.39 Å². The first kappa shape index (κ1) is 24.1. The Morgan fingerprint density at radius 1 is 1.28 bits per heavy atom. The number of imide groups is 1. The highest BCUT2D eigenvalue weighted by atomic mass is 19.1. The van der Waals surface area contributed by atoms with Gasteiger partial charge < -0.3 is 15.3 Å². The van der Waals surface area contributed by atoms with Crippen molar-refractivity contribution in [1.29, 1.82) is 0 Å². The van der Waals surface area contributed by atoms with Crippen LogP contribution in [0.5, 0.6) is 5.75 Å². The number of carbonyl (C=O) groups is 2. The summed E-state index contributed by atoms with van der Waals surface area (Å²) >= 11 is 0. The molecule has 4 atom stereocenters. The first-order valence-corrected chi connectivity index (χ1v) is 11.1. The Morgan fingerprint density at radius 2 is 1.97 bits per heavy atom. The molecule has 0 saturated carbocycles. The van der Waals surface area contributed by atoms with Crippen LogP contribution in [0.3, 0.4) is 0 Å². The maximum absolute atomic E-state index is 13.6. The molecule has 1 saturated heterocycles. The number of nitrogens with zero attached hydrogens (tertiary/aromatic N) is 1. The van der Waals surface area contributed by atoms with E-state index >= 15 is 0 Å². The first-order valence-electron chi connectivity index (χ1n) is 11.1. The standard InChI is InChI=1S/C25H32FNO5/c1-13(2)16-11-17-23(25(32)27(4)24(17)31)18(12-28)22(16)21(30)7-5-14(3)9-15-6-8-20(29)19(26)10-15/h6,8-10,13,17-18,21,23,28-30H,5,7,11-12H2,1-4H3/b14-9+/t17-,18+,21-,23-/m1/s1. The van der Waals surface area contributed by atoms with E-state index in [1.807, 2.05) is 20.8 Å². The molecule has 0 radical (unpaired) electrons. The maximum Gasteiger partial charge on any atom is 0.233 e. The normalized spacial score (nSPS) is 25.1. The highest BCUT2D eigenvalue weighted by Crippen LogP contribution is 2.47. The van der Waals surface area contributed by atoms with E-state index in [-0.39, 0.29) is 24.3 Å². The van der Waals surface area contributed by atoms with Gasteiger partial charge in [-0.2, -0.15) is 0 Å². The molecule has 1 fully saturated rings. The molecule has 0 unspecified atom stereocenters. The topological polar surface area (TPSA) is 98.1 Å². The molecule has 1 aromatic carbocycles. The van der Waals surface area contributed by atoms with Gasteiger partial charge >= 0.3 is 0 Å². The fourth-order valence-electron chi connectivity index (χ4n) is 5.09. The van der Waals surface area contributed by atoms with E-state index in [1.165, 1.54) is 19.2 Å². The first-order chi connectivity index (χ1) is 15.1. The van der Waals surface area contributed by atoms with Crippen LogP contribution in [0.15, 0.2) is 34.9 Å². The van der Waals surface area contributed by atoms with Gasteiger partial charge in [0.25, 0.3) is 0 Å². The zero-order valence-electron chi connectivity index (χ0n) is 19.0. The number of likely N-dealkylation sites (tertiary alicyclic amines) is 1. The minimum Gasteiger partial charge on any atom is -0.505 e.